The number of carbonyl (C=O) groups excluding carboxylic acids is 1. The Bertz CT molecular complexity index is 501. The Morgan fingerprint density at radius 1 is 1.33 bits per heavy atom. The van der Waals surface area contributed by atoms with E-state index in [2.05, 4.69) is 5.32 Å². The van der Waals surface area contributed by atoms with Crippen LogP contribution < -0.4 is 11.1 Å². The Kier molecular flexibility index (Phi) is 5.72. The van der Waals surface area contributed by atoms with Crippen molar-refractivity contribution in [3.05, 3.63) is 29.8 Å². The van der Waals surface area contributed by atoms with E-state index in [0.717, 1.165) is 5.56 Å². The molecular formula is C15H22N2O4. The zero-order valence-corrected chi connectivity index (χ0v) is 12.3. The number of benzene rings is 1. The van der Waals surface area contributed by atoms with Gasteiger partial charge >= 0.3 is 5.97 Å². The van der Waals surface area contributed by atoms with E-state index >= 15 is 0 Å². The summed E-state index contributed by atoms with van der Waals surface area (Å²) in [4.78, 5) is 23.3. The molecule has 1 amide bonds. The van der Waals surface area contributed by atoms with Gasteiger partial charge in [-0.05, 0) is 37.5 Å². The molecule has 1 aromatic rings. The fourth-order valence-corrected chi connectivity index (χ4v) is 2.07. The van der Waals surface area contributed by atoms with Gasteiger partial charge in [0.15, 0.2) is 0 Å². The Labute approximate surface area is 124 Å². The van der Waals surface area contributed by atoms with Crippen LogP contribution in [0.2, 0.25) is 0 Å². The van der Waals surface area contributed by atoms with E-state index in [4.69, 9.17) is 5.73 Å². The molecule has 0 fully saturated rings. The second-order valence-electron chi connectivity index (χ2n) is 5.35. The smallest absolute Gasteiger partial charge is 0.329 e. The van der Waals surface area contributed by atoms with E-state index in [0.29, 0.717) is 12.8 Å². The SMILES string of the molecule is CCCC(C)(NC(=O)[C@H](N)Cc1ccc(O)cc1)C(=O)O. The molecule has 1 rings (SSSR count). The van der Waals surface area contributed by atoms with Gasteiger partial charge in [-0.15, -0.1) is 0 Å². The highest BCUT2D eigenvalue weighted by molar-refractivity contribution is 5.89. The van der Waals surface area contributed by atoms with Gasteiger partial charge in [-0.25, -0.2) is 4.79 Å². The molecule has 0 aliphatic rings. The fraction of sp³-hybridized carbons (Fsp3) is 0.467. The van der Waals surface area contributed by atoms with Gasteiger partial charge in [0.2, 0.25) is 5.91 Å². The molecule has 1 aromatic carbocycles. The molecule has 0 saturated heterocycles. The van der Waals surface area contributed by atoms with Crippen molar-refractivity contribution in [2.75, 3.05) is 0 Å². The Balaban J connectivity index is 2.69. The van der Waals surface area contributed by atoms with Gasteiger partial charge in [-0.1, -0.05) is 25.5 Å². The molecular weight excluding hydrogens is 272 g/mol. The first kappa shape index (κ1) is 17.0. The number of aromatic hydroxyl groups is 1. The summed E-state index contributed by atoms with van der Waals surface area (Å²) < 4.78 is 0. The number of nitrogens with one attached hydrogen (secondary N) is 1. The molecule has 0 radical (unpaired) electrons. The number of phenolic OH excluding ortho intramolecular Hbond substituents is 1. The Morgan fingerprint density at radius 2 is 1.90 bits per heavy atom. The van der Waals surface area contributed by atoms with Crippen LogP contribution in [0.3, 0.4) is 0 Å². The first-order valence-corrected chi connectivity index (χ1v) is 6.87. The summed E-state index contributed by atoms with van der Waals surface area (Å²) in [5.74, 6) is -1.44. The molecule has 0 aliphatic heterocycles. The third-order valence-electron chi connectivity index (χ3n) is 3.35. The number of phenols is 1. The molecule has 0 heterocycles. The zero-order valence-electron chi connectivity index (χ0n) is 12.3. The van der Waals surface area contributed by atoms with Crippen molar-refractivity contribution in [2.45, 2.75) is 44.7 Å². The Morgan fingerprint density at radius 3 is 2.38 bits per heavy atom. The average molecular weight is 294 g/mol. The first-order chi connectivity index (χ1) is 9.78. The van der Waals surface area contributed by atoms with Gasteiger partial charge in [0.05, 0.1) is 6.04 Å². The topological polar surface area (TPSA) is 113 Å². The van der Waals surface area contributed by atoms with Gasteiger partial charge in [-0.2, -0.15) is 0 Å². The summed E-state index contributed by atoms with van der Waals surface area (Å²) in [5, 5.41) is 20.9. The molecule has 6 heteroatoms. The van der Waals surface area contributed by atoms with Crippen LogP contribution in [-0.2, 0) is 16.0 Å². The highest BCUT2D eigenvalue weighted by atomic mass is 16.4. The van der Waals surface area contributed by atoms with Crippen LogP contribution in [-0.4, -0.2) is 33.7 Å². The lowest BCUT2D eigenvalue weighted by Crippen LogP contribution is -2.56. The number of amides is 1. The third kappa shape index (κ3) is 4.75. The molecule has 116 valence electrons. The number of rotatable bonds is 7. The van der Waals surface area contributed by atoms with Crippen molar-refractivity contribution in [2.24, 2.45) is 5.73 Å². The predicted octanol–water partition coefficient (Wildman–Crippen LogP) is 1.02. The minimum atomic E-state index is -1.31. The number of hydrogen-bond donors (Lipinski definition) is 4. The molecule has 6 nitrogen and oxygen atoms in total. The minimum absolute atomic E-state index is 0.137. The van der Waals surface area contributed by atoms with E-state index in [9.17, 15) is 19.8 Å². The largest absolute Gasteiger partial charge is 0.508 e. The average Bonchev–Trinajstić information content (AvgIpc) is 2.41. The summed E-state index contributed by atoms with van der Waals surface area (Å²) in [7, 11) is 0. The summed E-state index contributed by atoms with van der Waals surface area (Å²) in [5.41, 5.74) is 5.31. The molecule has 0 saturated carbocycles. The molecule has 21 heavy (non-hydrogen) atoms. The lowest BCUT2D eigenvalue weighted by molar-refractivity contribution is -0.147. The predicted molar refractivity (Wildman–Crippen MR) is 78.9 cm³/mol. The van der Waals surface area contributed by atoms with Gasteiger partial charge in [-0.3, -0.25) is 4.79 Å². The standard InChI is InChI=1S/C15H22N2O4/c1-3-8-15(2,14(20)21)17-13(19)12(16)9-10-4-6-11(18)7-5-10/h4-7,12,18H,3,8-9,16H2,1-2H3,(H,17,19)(H,20,21)/t12-,15?/m1/s1. The molecule has 0 bridgehead atoms. The maximum Gasteiger partial charge on any atom is 0.329 e. The van der Waals surface area contributed by atoms with E-state index in [1.54, 1.807) is 12.1 Å². The van der Waals surface area contributed by atoms with Crippen LogP contribution in [0.15, 0.2) is 24.3 Å². The number of nitrogens with two attached hydrogens (primary N) is 1. The van der Waals surface area contributed by atoms with Gasteiger partial charge in [0.1, 0.15) is 11.3 Å². The molecule has 5 N–H and O–H groups in total. The fourth-order valence-electron chi connectivity index (χ4n) is 2.07. The van der Waals surface area contributed by atoms with Crippen LogP contribution in [0.4, 0.5) is 0 Å². The van der Waals surface area contributed by atoms with Crippen molar-refractivity contribution >= 4 is 11.9 Å². The summed E-state index contributed by atoms with van der Waals surface area (Å²) in [6.07, 6.45) is 1.24. The van der Waals surface area contributed by atoms with Crippen LogP contribution in [0.1, 0.15) is 32.3 Å². The van der Waals surface area contributed by atoms with Crippen molar-refractivity contribution in [3.63, 3.8) is 0 Å². The van der Waals surface area contributed by atoms with Gasteiger partial charge < -0.3 is 21.3 Å². The van der Waals surface area contributed by atoms with E-state index in [1.165, 1.54) is 19.1 Å². The van der Waals surface area contributed by atoms with E-state index in [-0.39, 0.29) is 12.2 Å². The van der Waals surface area contributed by atoms with Crippen molar-refractivity contribution in [1.29, 1.82) is 0 Å². The monoisotopic (exact) mass is 294 g/mol. The quantitative estimate of drug-likeness (QED) is 0.600. The lowest BCUT2D eigenvalue weighted by Gasteiger charge is -2.27. The van der Waals surface area contributed by atoms with Crippen molar-refractivity contribution < 1.29 is 19.8 Å². The second-order valence-corrected chi connectivity index (χ2v) is 5.35. The number of hydrogen-bond acceptors (Lipinski definition) is 4. The molecule has 0 aromatic heterocycles. The molecule has 1 unspecified atom stereocenters. The zero-order chi connectivity index (χ0) is 16.0. The van der Waals surface area contributed by atoms with Crippen molar-refractivity contribution in [1.82, 2.24) is 5.32 Å². The molecule has 2 atom stereocenters. The molecule has 0 aliphatic carbocycles. The maximum absolute atomic E-state index is 12.1. The highest BCUT2D eigenvalue weighted by Gasteiger charge is 2.35. The number of carbonyl (C=O) groups is 2. The van der Waals surface area contributed by atoms with Crippen molar-refractivity contribution in [3.8, 4) is 5.75 Å². The van der Waals surface area contributed by atoms with Crippen LogP contribution in [0.25, 0.3) is 0 Å². The van der Waals surface area contributed by atoms with E-state index < -0.39 is 23.5 Å². The normalized spacial score (nSPS) is 15.0. The first-order valence-electron chi connectivity index (χ1n) is 6.87. The van der Waals surface area contributed by atoms with E-state index in [1.807, 2.05) is 6.92 Å². The number of carboxylic acids is 1. The Hall–Kier alpha value is -2.08. The summed E-state index contributed by atoms with van der Waals surface area (Å²) >= 11 is 0. The van der Waals surface area contributed by atoms with Gasteiger partial charge in [0.25, 0.3) is 0 Å². The highest BCUT2D eigenvalue weighted by Crippen LogP contribution is 2.14. The summed E-state index contributed by atoms with van der Waals surface area (Å²) in [6.45, 7) is 3.33. The summed E-state index contributed by atoms with van der Waals surface area (Å²) in [6, 6.07) is 5.53. The van der Waals surface area contributed by atoms with Gasteiger partial charge in [0, 0.05) is 0 Å². The second kappa shape index (κ2) is 7.08. The minimum Gasteiger partial charge on any atom is -0.508 e. The molecule has 0 spiro atoms. The van der Waals surface area contributed by atoms with Crippen LogP contribution in [0, 0.1) is 0 Å². The van der Waals surface area contributed by atoms with Crippen LogP contribution >= 0.6 is 0 Å². The third-order valence-corrected chi connectivity index (χ3v) is 3.35. The van der Waals surface area contributed by atoms with Crippen LogP contribution in [0.5, 0.6) is 5.75 Å². The number of aliphatic carboxylic acids is 1. The lowest BCUT2D eigenvalue weighted by atomic mass is 9.95. The number of carboxylic acid groups (broad SMARTS) is 1. The maximum atomic E-state index is 12.1.